The predicted molar refractivity (Wildman–Crippen MR) is 81.9 cm³/mol. The van der Waals surface area contributed by atoms with E-state index in [-0.39, 0.29) is 0 Å². The molecule has 0 aromatic heterocycles. The Kier molecular flexibility index (Phi) is 4.27. The Morgan fingerprint density at radius 2 is 1.75 bits per heavy atom. The third-order valence-corrected chi connectivity index (χ3v) is 5.03. The van der Waals surface area contributed by atoms with E-state index in [4.69, 9.17) is 0 Å². The van der Waals surface area contributed by atoms with Crippen LogP contribution >= 0.6 is 0 Å². The fourth-order valence-electron chi connectivity index (χ4n) is 3.67. The maximum absolute atomic E-state index is 9.40. The highest BCUT2D eigenvalue weighted by Gasteiger charge is 2.30. The lowest BCUT2D eigenvalue weighted by atomic mass is 10.1. The number of phenolic OH excluding ortho intramolecular Hbond substituents is 1. The Labute approximate surface area is 122 Å². The molecule has 110 valence electrons. The Hall–Kier alpha value is -1.06. The predicted octanol–water partition coefficient (Wildman–Crippen LogP) is 3.01. The van der Waals surface area contributed by atoms with E-state index in [1.165, 1.54) is 57.4 Å². The van der Waals surface area contributed by atoms with Gasteiger partial charge in [0.15, 0.2) is 0 Å². The van der Waals surface area contributed by atoms with Gasteiger partial charge in [0, 0.05) is 25.2 Å². The summed E-state index contributed by atoms with van der Waals surface area (Å²) in [5.41, 5.74) is 1.31. The van der Waals surface area contributed by atoms with Gasteiger partial charge in [0.05, 0.1) is 0 Å². The molecule has 1 aromatic carbocycles. The van der Waals surface area contributed by atoms with Crippen LogP contribution in [0, 0.1) is 0 Å². The van der Waals surface area contributed by atoms with Crippen molar-refractivity contribution in [1.29, 1.82) is 0 Å². The highest BCUT2D eigenvalue weighted by atomic mass is 16.3. The van der Waals surface area contributed by atoms with Crippen molar-refractivity contribution < 1.29 is 5.11 Å². The molecule has 0 bridgehead atoms. The minimum absolute atomic E-state index is 0.355. The molecule has 2 fully saturated rings. The molecule has 2 heterocycles. The van der Waals surface area contributed by atoms with E-state index in [9.17, 15) is 5.11 Å². The third-order valence-electron chi connectivity index (χ3n) is 5.03. The van der Waals surface area contributed by atoms with Gasteiger partial charge in [-0.2, -0.15) is 0 Å². The van der Waals surface area contributed by atoms with E-state index < -0.39 is 0 Å². The first kappa shape index (κ1) is 13.9. The summed E-state index contributed by atoms with van der Waals surface area (Å²) in [6.07, 6.45) is 5.48. The maximum atomic E-state index is 9.40. The summed E-state index contributed by atoms with van der Waals surface area (Å²) in [5, 5.41) is 9.40. The number of aromatic hydroxyl groups is 1. The van der Waals surface area contributed by atoms with Crippen molar-refractivity contribution in [2.24, 2.45) is 0 Å². The van der Waals surface area contributed by atoms with Gasteiger partial charge in [0.25, 0.3) is 0 Å². The van der Waals surface area contributed by atoms with Gasteiger partial charge in [0.2, 0.25) is 0 Å². The zero-order valence-electron chi connectivity index (χ0n) is 12.5. The lowest BCUT2D eigenvalue weighted by Gasteiger charge is -2.33. The summed E-state index contributed by atoms with van der Waals surface area (Å²) in [6.45, 7) is 7.27. The number of benzene rings is 1. The molecule has 1 aromatic rings. The minimum atomic E-state index is 0.355. The molecule has 20 heavy (non-hydrogen) atoms. The van der Waals surface area contributed by atoms with Crippen molar-refractivity contribution in [2.45, 2.75) is 44.7 Å². The molecule has 0 spiro atoms. The van der Waals surface area contributed by atoms with Gasteiger partial charge < -0.3 is 5.11 Å². The lowest BCUT2D eigenvalue weighted by Crippen LogP contribution is -2.41. The second-order valence-electron chi connectivity index (χ2n) is 6.30. The second-order valence-corrected chi connectivity index (χ2v) is 6.30. The molecule has 0 radical (unpaired) electrons. The average Bonchev–Trinajstić information content (AvgIpc) is 2.98. The van der Waals surface area contributed by atoms with E-state index in [2.05, 4.69) is 16.7 Å². The van der Waals surface area contributed by atoms with Crippen LogP contribution in [0.15, 0.2) is 24.3 Å². The van der Waals surface area contributed by atoms with Gasteiger partial charge in [-0.05, 0) is 57.0 Å². The van der Waals surface area contributed by atoms with Crippen LogP contribution in [0.5, 0.6) is 5.75 Å². The summed E-state index contributed by atoms with van der Waals surface area (Å²) in [6, 6.07) is 8.90. The molecule has 0 amide bonds. The molecular formula is C17H26N2O. The van der Waals surface area contributed by atoms with Crippen LogP contribution in [-0.4, -0.2) is 47.1 Å². The molecule has 2 unspecified atom stereocenters. The van der Waals surface area contributed by atoms with Gasteiger partial charge in [-0.1, -0.05) is 18.6 Å². The molecule has 2 aliphatic heterocycles. The summed E-state index contributed by atoms with van der Waals surface area (Å²) in [5.74, 6) is 0.355. The van der Waals surface area contributed by atoms with Crippen LogP contribution in [-0.2, 0) is 0 Å². The van der Waals surface area contributed by atoms with Crippen LogP contribution in [0.1, 0.15) is 44.2 Å². The molecule has 2 saturated heterocycles. The normalized spacial score (nSPS) is 26.8. The molecular weight excluding hydrogens is 248 g/mol. The van der Waals surface area contributed by atoms with Gasteiger partial charge in [-0.3, -0.25) is 9.80 Å². The number of nitrogens with zero attached hydrogens (tertiary/aromatic N) is 2. The molecule has 0 aliphatic carbocycles. The molecule has 3 nitrogen and oxygen atoms in total. The zero-order chi connectivity index (χ0) is 13.9. The van der Waals surface area contributed by atoms with Crippen LogP contribution in [0.2, 0.25) is 0 Å². The summed E-state index contributed by atoms with van der Waals surface area (Å²) >= 11 is 0. The highest BCUT2D eigenvalue weighted by molar-refractivity contribution is 5.27. The maximum Gasteiger partial charge on any atom is 0.115 e. The van der Waals surface area contributed by atoms with Gasteiger partial charge >= 0.3 is 0 Å². The van der Waals surface area contributed by atoms with Crippen LogP contribution in [0.25, 0.3) is 0 Å². The minimum Gasteiger partial charge on any atom is -0.508 e. The first-order valence-electron chi connectivity index (χ1n) is 8.01. The van der Waals surface area contributed by atoms with E-state index in [0.717, 1.165) is 6.04 Å². The van der Waals surface area contributed by atoms with E-state index in [1.54, 1.807) is 12.1 Å². The Balaban J connectivity index is 1.60. The number of likely N-dealkylation sites (tertiary alicyclic amines) is 2. The molecule has 0 saturated carbocycles. The fourth-order valence-corrected chi connectivity index (χ4v) is 3.67. The first-order valence-corrected chi connectivity index (χ1v) is 8.01. The second kappa shape index (κ2) is 6.15. The molecule has 2 aliphatic rings. The number of hydrogen-bond donors (Lipinski definition) is 1. The number of hydrogen-bond acceptors (Lipinski definition) is 3. The average molecular weight is 274 g/mol. The quantitative estimate of drug-likeness (QED) is 0.918. The van der Waals surface area contributed by atoms with E-state index in [1.807, 2.05) is 12.1 Å². The molecule has 3 rings (SSSR count). The molecule has 3 heteroatoms. The Bertz CT molecular complexity index is 425. The summed E-state index contributed by atoms with van der Waals surface area (Å²) in [7, 11) is 0. The monoisotopic (exact) mass is 274 g/mol. The molecule has 1 N–H and O–H groups in total. The van der Waals surface area contributed by atoms with Crippen molar-refractivity contribution >= 4 is 0 Å². The smallest absolute Gasteiger partial charge is 0.115 e. The number of rotatable bonds is 3. The number of phenols is 1. The Morgan fingerprint density at radius 3 is 2.45 bits per heavy atom. The standard InChI is InChI=1S/C17H26N2O/c1-14(15-5-7-17(20)8-6-15)19-12-9-16(13-19)18-10-3-2-4-11-18/h5-8,14,16,20H,2-4,9-13H2,1H3. The SMILES string of the molecule is CC(c1ccc(O)cc1)N1CCC(N2CCCCC2)C1. The zero-order valence-corrected chi connectivity index (χ0v) is 12.5. The fraction of sp³-hybridized carbons (Fsp3) is 0.647. The Morgan fingerprint density at radius 1 is 1.05 bits per heavy atom. The third kappa shape index (κ3) is 2.99. The molecule has 2 atom stereocenters. The van der Waals surface area contributed by atoms with E-state index >= 15 is 0 Å². The van der Waals surface area contributed by atoms with Crippen molar-refractivity contribution in [3.8, 4) is 5.75 Å². The van der Waals surface area contributed by atoms with Crippen molar-refractivity contribution in [2.75, 3.05) is 26.2 Å². The summed E-state index contributed by atoms with van der Waals surface area (Å²) < 4.78 is 0. The number of piperidine rings is 1. The van der Waals surface area contributed by atoms with Crippen LogP contribution < -0.4 is 0 Å². The van der Waals surface area contributed by atoms with Crippen LogP contribution in [0.4, 0.5) is 0 Å². The van der Waals surface area contributed by atoms with Crippen molar-refractivity contribution in [1.82, 2.24) is 9.80 Å². The van der Waals surface area contributed by atoms with Gasteiger partial charge in [0.1, 0.15) is 5.75 Å². The summed E-state index contributed by atoms with van der Waals surface area (Å²) in [4.78, 5) is 5.29. The van der Waals surface area contributed by atoms with Crippen LogP contribution in [0.3, 0.4) is 0 Å². The largest absolute Gasteiger partial charge is 0.508 e. The van der Waals surface area contributed by atoms with Gasteiger partial charge in [-0.15, -0.1) is 0 Å². The van der Waals surface area contributed by atoms with E-state index in [0.29, 0.717) is 11.8 Å². The van der Waals surface area contributed by atoms with Crippen molar-refractivity contribution in [3.63, 3.8) is 0 Å². The van der Waals surface area contributed by atoms with Gasteiger partial charge in [-0.25, -0.2) is 0 Å². The lowest BCUT2D eigenvalue weighted by molar-refractivity contribution is 0.154. The van der Waals surface area contributed by atoms with Crippen molar-refractivity contribution in [3.05, 3.63) is 29.8 Å². The highest BCUT2D eigenvalue weighted by Crippen LogP contribution is 2.28. The first-order chi connectivity index (χ1) is 9.74. The topological polar surface area (TPSA) is 26.7 Å².